The van der Waals surface area contributed by atoms with Gasteiger partial charge < -0.3 is 29.1 Å². The lowest BCUT2D eigenvalue weighted by Crippen LogP contribution is -2.63. The highest BCUT2D eigenvalue weighted by Gasteiger charge is 2.70. The number of fused-ring (bicyclic) bond motifs is 2. The maximum absolute atomic E-state index is 7.70. The van der Waals surface area contributed by atoms with E-state index in [9.17, 15) is 0 Å². The topological polar surface area (TPSA) is 116 Å². The van der Waals surface area contributed by atoms with Gasteiger partial charge in [-0.15, -0.1) is 0 Å². The molecule has 5 aromatic carbocycles. The average Bonchev–Trinajstić information content (AvgIpc) is 3.93. The van der Waals surface area contributed by atoms with Crippen LogP contribution < -0.4 is 25.6 Å². The highest BCUT2D eigenvalue weighted by molar-refractivity contribution is 6.99. The number of aromatic nitrogens is 4. The fourth-order valence-corrected chi connectivity index (χ4v) is 13.9. The van der Waals surface area contributed by atoms with Crippen molar-refractivity contribution >= 4 is 35.7 Å². The van der Waals surface area contributed by atoms with Gasteiger partial charge in [-0.25, -0.2) is 15.0 Å². The van der Waals surface area contributed by atoms with Crippen molar-refractivity contribution in [3.63, 3.8) is 0 Å². The average molecular weight is 762 g/mol. The number of anilines is 1. The molecule has 4 atom stereocenters. The van der Waals surface area contributed by atoms with E-state index in [2.05, 4.69) is 119 Å². The van der Waals surface area contributed by atoms with E-state index in [0.29, 0.717) is 23.4 Å². The number of hydrogen-bond acceptors (Lipinski definition) is 9. The van der Waals surface area contributed by atoms with Crippen LogP contribution >= 0.6 is 0 Å². The van der Waals surface area contributed by atoms with Crippen molar-refractivity contribution in [2.24, 2.45) is 0 Å². The Labute approximate surface area is 327 Å². The maximum Gasteiger partial charge on any atom is 0.262 e. The monoisotopic (exact) mass is 761 g/mol. The van der Waals surface area contributed by atoms with Gasteiger partial charge in [-0.2, -0.15) is 0 Å². The summed E-state index contributed by atoms with van der Waals surface area (Å²) >= 11 is 0. The van der Waals surface area contributed by atoms with Crippen LogP contribution in [0.4, 0.5) is 5.82 Å². The summed E-state index contributed by atoms with van der Waals surface area (Å²) in [6.45, 7) is 2.48. The molecule has 0 aliphatic carbocycles. The van der Waals surface area contributed by atoms with Crippen LogP contribution in [0.15, 0.2) is 152 Å². The minimum Gasteiger partial charge on any atom is -0.497 e. The van der Waals surface area contributed by atoms with Gasteiger partial charge in [0.2, 0.25) is 0 Å². The summed E-state index contributed by atoms with van der Waals surface area (Å²) in [5.41, 5.74) is 8.11. The molecule has 2 aromatic heterocycles. The number of ether oxygens (including phenoxy) is 4. The first-order chi connectivity index (χ1) is 27.4. The summed E-state index contributed by atoms with van der Waals surface area (Å²) in [5.74, 6) is 1.82. The first kappa shape index (κ1) is 35.8. The normalized spacial score (nSPS) is 21.5. The zero-order chi connectivity index (χ0) is 38.3. The van der Waals surface area contributed by atoms with E-state index < -0.39 is 25.7 Å². The van der Waals surface area contributed by atoms with E-state index in [4.69, 9.17) is 29.1 Å². The number of nitrogen functional groups attached to an aromatic ring is 1. The number of rotatable bonds is 11. The first-order valence-corrected chi connectivity index (χ1v) is 20.8. The molecule has 2 unspecified atom stereocenters. The predicted octanol–water partition coefficient (Wildman–Crippen LogP) is 6.64. The molecule has 2 aliphatic rings. The second-order valence-corrected chi connectivity index (χ2v) is 18.2. The number of benzene rings is 5. The van der Waals surface area contributed by atoms with E-state index in [-0.39, 0.29) is 18.3 Å². The van der Waals surface area contributed by atoms with Gasteiger partial charge in [0.05, 0.1) is 33.3 Å². The first-order valence-electron chi connectivity index (χ1n) is 18.8. The third-order valence-electron chi connectivity index (χ3n) is 11.8. The van der Waals surface area contributed by atoms with Crippen molar-refractivity contribution < 1.29 is 23.4 Å². The summed E-state index contributed by atoms with van der Waals surface area (Å²) in [6.07, 6.45) is 2.93. The van der Waals surface area contributed by atoms with E-state index in [1.54, 1.807) is 20.5 Å². The Bertz CT molecular complexity index is 2350. The van der Waals surface area contributed by atoms with Crippen molar-refractivity contribution in [1.82, 2.24) is 19.5 Å². The fraction of sp³-hybridized carbons (Fsp3) is 0.222. The summed E-state index contributed by atoms with van der Waals surface area (Å²) in [4.78, 5) is 13.4. The molecule has 2 saturated heterocycles. The van der Waals surface area contributed by atoms with Crippen molar-refractivity contribution in [2.45, 2.75) is 42.4 Å². The molecule has 7 aromatic rings. The molecule has 4 heterocycles. The highest BCUT2D eigenvalue weighted by Crippen LogP contribution is 2.57. The quantitative estimate of drug-likeness (QED) is 0.114. The number of methoxy groups -OCH3 is 2. The van der Waals surface area contributed by atoms with E-state index in [0.717, 1.165) is 28.2 Å². The van der Waals surface area contributed by atoms with Gasteiger partial charge in [-0.3, -0.25) is 4.57 Å². The summed E-state index contributed by atoms with van der Waals surface area (Å²) in [7, 11) is 0.348. The van der Waals surface area contributed by atoms with Crippen molar-refractivity contribution in [3.05, 3.63) is 169 Å². The van der Waals surface area contributed by atoms with E-state index in [1.807, 2.05) is 47.0 Å². The second kappa shape index (κ2) is 14.3. The number of hydrogen-bond donors (Lipinski definition) is 1. The Balaban J connectivity index is 1.23. The van der Waals surface area contributed by atoms with Crippen LogP contribution in [0.1, 0.15) is 36.3 Å². The zero-order valence-electron chi connectivity index (χ0n) is 31.5. The molecule has 0 radical (unpaired) electrons. The molecule has 0 amide bonds. The standard InChI is InChI=1S/C45H43N5O5Si/c1-31-44(28-53-45(32-13-7-4-8-14-32,33-19-23-35(51-2)24-20-33)34-21-25-36(52-3)26-22-34)39(27-40(54-44)50-30-49-41-42(46)47-29-48-43(41)50)55-56(31,37-15-9-5-10-16-37)38-17-11-6-12-18-38/h4-26,29-31,39-40H,27-28H2,1-3H3,(H2,46,47,48)/t31?,39?,40-,44+/m1/s1. The highest BCUT2D eigenvalue weighted by atomic mass is 28.4. The molecule has 2 fully saturated rings. The van der Waals surface area contributed by atoms with Crippen LogP contribution in [0.3, 0.4) is 0 Å². The second-order valence-electron chi connectivity index (χ2n) is 14.4. The fourth-order valence-electron chi connectivity index (χ4n) is 8.93. The van der Waals surface area contributed by atoms with Crippen LogP contribution in [0, 0.1) is 0 Å². The van der Waals surface area contributed by atoms with Gasteiger partial charge in [0.1, 0.15) is 40.8 Å². The molecule has 56 heavy (non-hydrogen) atoms. The Hall–Kier alpha value is -5.85. The third kappa shape index (κ3) is 5.61. The molecule has 0 saturated carbocycles. The molecule has 11 heteroatoms. The lowest BCUT2D eigenvalue weighted by Gasteiger charge is -2.42. The Kier molecular flexibility index (Phi) is 9.17. The number of nitrogens with two attached hydrogens (primary N) is 1. The van der Waals surface area contributed by atoms with Gasteiger partial charge in [-0.1, -0.05) is 122 Å². The molecule has 2 aliphatic heterocycles. The molecule has 282 valence electrons. The Morgan fingerprint density at radius 3 is 1.82 bits per heavy atom. The van der Waals surface area contributed by atoms with Crippen molar-refractivity contribution in [3.8, 4) is 11.5 Å². The third-order valence-corrected chi connectivity index (χ3v) is 16.5. The van der Waals surface area contributed by atoms with Gasteiger partial charge in [0.15, 0.2) is 11.5 Å². The maximum atomic E-state index is 7.70. The molecule has 10 nitrogen and oxygen atoms in total. The van der Waals surface area contributed by atoms with Crippen LogP contribution in [0.2, 0.25) is 5.54 Å². The number of imidazole rings is 1. The molecular formula is C45H43N5O5Si. The summed E-state index contributed by atoms with van der Waals surface area (Å²) in [6, 6.07) is 47.9. The van der Waals surface area contributed by atoms with Crippen molar-refractivity contribution in [1.29, 1.82) is 0 Å². The van der Waals surface area contributed by atoms with Crippen LogP contribution in [0.25, 0.3) is 11.2 Å². The van der Waals surface area contributed by atoms with Crippen molar-refractivity contribution in [2.75, 3.05) is 26.6 Å². The Morgan fingerprint density at radius 1 is 0.732 bits per heavy atom. The van der Waals surface area contributed by atoms with Gasteiger partial charge in [-0.05, 0) is 51.3 Å². The molecule has 0 bridgehead atoms. The van der Waals surface area contributed by atoms with Gasteiger partial charge in [0, 0.05) is 12.0 Å². The van der Waals surface area contributed by atoms with Crippen LogP contribution in [-0.2, 0) is 19.5 Å². The molecule has 9 rings (SSSR count). The van der Waals surface area contributed by atoms with E-state index >= 15 is 0 Å². The van der Waals surface area contributed by atoms with E-state index in [1.165, 1.54) is 16.7 Å². The lowest BCUT2D eigenvalue weighted by atomic mass is 9.79. The molecular weight excluding hydrogens is 719 g/mol. The summed E-state index contributed by atoms with van der Waals surface area (Å²) in [5, 5.41) is 2.36. The lowest BCUT2D eigenvalue weighted by molar-refractivity contribution is -0.146. The SMILES string of the molecule is COc1ccc(C(OC[C@@]23O[C@@H](n4cnc5c(N)ncnc54)CC2O[Si](c2ccccc2)(c2ccccc2)C3C)(c2ccccc2)c2ccc(OC)cc2)cc1. The number of nitrogens with zero attached hydrogens (tertiary/aromatic N) is 4. The van der Waals surface area contributed by atoms with Gasteiger partial charge >= 0.3 is 0 Å². The molecule has 0 spiro atoms. The summed E-state index contributed by atoms with van der Waals surface area (Å²) < 4.78 is 36.1. The van der Waals surface area contributed by atoms with Crippen LogP contribution in [0.5, 0.6) is 11.5 Å². The minimum atomic E-state index is -3.00. The molecule has 2 N–H and O–H groups in total. The smallest absolute Gasteiger partial charge is 0.262 e. The Morgan fingerprint density at radius 2 is 1.27 bits per heavy atom. The van der Waals surface area contributed by atoms with Crippen LogP contribution in [-0.4, -0.2) is 60.4 Å². The minimum absolute atomic E-state index is 0.121. The predicted molar refractivity (Wildman–Crippen MR) is 218 cm³/mol. The zero-order valence-corrected chi connectivity index (χ0v) is 32.5. The van der Waals surface area contributed by atoms with Gasteiger partial charge in [0.25, 0.3) is 8.32 Å². The largest absolute Gasteiger partial charge is 0.497 e.